The summed E-state index contributed by atoms with van der Waals surface area (Å²) in [5.41, 5.74) is 1.08. The van der Waals surface area contributed by atoms with Crippen molar-refractivity contribution in [3.8, 4) is 0 Å². The van der Waals surface area contributed by atoms with Crippen molar-refractivity contribution in [1.29, 1.82) is 0 Å². The van der Waals surface area contributed by atoms with Crippen LogP contribution in [0.5, 0.6) is 0 Å². The van der Waals surface area contributed by atoms with E-state index in [9.17, 15) is 5.11 Å². The number of aliphatic hydroxyl groups is 1. The molecule has 3 N–H and O–H groups in total. The average molecular weight is 167 g/mol. The van der Waals surface area contributed by atoms with E-state index < -0.39 is 0 Å². The Balaban J connectivity index is 1.95. The maximum atomic E-state index is 9.49. The molecule has 0 amide bonds. The van der Waals surface area contributed by atoms with Crippen LogP contribution in [0.4, 0.5) is 0 Å². The van der Waals surface area contributed by atoms with E-state index in [4.69, 9.17) is 0 Å². The normalized spacial score (nSPS) is 29.4. The molecule has 1 aliphatic heterocycles. The molecule has 1 saturated heterocycles. The average Bonchev–Trinajstić information content (AvgIpc) is 2.65. The van der Waals surface area contributed by atoms with Gasteiger partial charge < -0.3 is 15.4 Å². The smallest absolute Gasteiger partial charge is 0.0921 e. The summed E-state index contributed by atoms with van der Waals surface area (Å²) < 4.78 is 0. The Morgan fingerprint density at radius 3 is 3.17 bits per heavy atom. The van der Waals surface area contributed by atoms with Crippen LogP contribution in [0.25, 0.3) is 0 Å². The molecule has 0 aromatic carbocycles. The summed E-state index contributed by atoms with van der Waals surface area (Å²) in [5.74, 6) is 0. The van der Waals surface area contributed by atoms with E-state index in [1.54, 1.807) is 12.5 Å². The van der Waals surface area contributed by atoms with Gasteiger partial charge in [0.05, 0.1) is 12.4 Å². The zero-order valence-electron chi connectivity index (χ0n) is 6.83. The van der Waals surface area contributed by atoms with Crippen LogP contribution in [0.3, 0.4) is 0 Å². The minimum absolute atomic E-state index is 0.199. The summed E-state index contributed by atoms with van der Waals surface area (Å²) in [5, 5.41) is 12.7. The number of nitrogens with one attached hydrogen (secondary N) is 2. The van der Waals surface area contributed by atoms with Crippen LogP contribution in [0, 0.1) is 0 Å². The molecule has 1 aromatic heterocycles. The summed E-state index contributed by atoms with van der Waals surface area (Å²) in [6, 6.07) is 0.199. The molecule has 2 atom stereocenters. The van der Waals surface area contributed by atoms with Crippen molar-refractivity contribution in [2.75, 3.05) is 6.54 Å². The van der Waals surface area contributed by atoms with Crippen molar-refractivity contribution in [2.24, 2.45) is 0 Å². The summed E-state index contributed by atoms with van der Waals surface area (Å²) >= 11 is 0. The molecule has 12 heavy (non-hydrogen) atoms. The van der Waals surface area contributed by atoms with Gasteiger partial charge in [0, 0.05) is 24.4 Å². The highest BCUT2D eigenvalue weighted by Crippen LogP contribution is 2.10. The molecule has 4 heteroatoms. The number of H-pyrrole nitrogens is 1. The van der Waals surface area contributed by atoms with E-state index in [0.717, 1.165) is 25.1 Å². The van der Waals surface area contributed by atoms with Gasteiger partial charge in [0.25, 0.3) is 0 Å². The lowest BCUT2D eigenvalue weighted by molar-refractivity contribution is 0.159. The SMILES string of the molecule is OC1CCN[C@H]1Cc1cnc[nH]1. The molecule has 1 unspecified atom stereocenters. The molecule has 4 nitrogen and oxygen atoms in total. The molecule has 2 rings (SSSR count). The van der Waals surface area contributed by atoms with E-state index in [1.807, 2.05) is 0 Å². The zero-order valence-corrected chi connectivity index (χ0v) is 6.83. The van der Waals surface area contributed by atoms with Gasteiger partial charge in [-0.25, -0.2) is 4.98 Å². The number of hydrogen-bond donors (Lipinski definition) is 3. The summed E-state index contributed by atoms with van der Waals surface area (Å²) in [6.07, 6.45) is 4.96. The van der Waals surface area contributed by atoms with Crippen LogP contribution < -0.4 is 5.32 Å². The van der Waals surface area contributed by atoms with Gasteiger partial charge in [-0.15, -0.1) is 0 Å². The Morgan fingerprint density at radius 1 is 1.67 bits per heavy atom. The third-order valence-electron chi connectivity index (χ3n) is 2.31. The fourth-order valence-corrected chi connectivity index (χ4v) is 1.60. The summed E-state index contributed by atoms with van der Waals surface area (Å²) in [7, 11) is 0. The predicted octanol–water partition coefficient (Wildman–Crippen LogP) is -0.325. The van der Waals surface area contributed by atoms with Crippen LogP contribution in [-0.2, 0) is 6.42 Å². The van der Waals surface area contributed by atoms with Gasteiger partial charge in [0.2, 0.25) is 0 Å². The maximum Gasteiger partial charge on any atom is 0.0921 e. The van der Waals surface area contributed by atoms with Crippen molar-refractivity contribution in [1.82, 2.24) is 15.3 Å². The highest BCUT2D eigenvalue weighted by Gasteiger charge is 2.24. The Morgan fingerprint density at radius 2 is 2.58 bits per heavy atom. The monoisotopic (exact) mass is 167 g/mol. The van der Waals surface area contributed by atoms with Crippen molar-refractivity contribution in [2.45, 2.75) is 25.0 Å². The van der Waals surface area contributed by atoms with E-state index in [0.29, 0.717) is 0 Å². The second kappa shape index (κ2) is 3.25. The molecule has 0 saturated carbocycles. The van der Waals surface area contributed by atoms with Crippen LogP contribution in [0.1, 0.15) is 12.1 Å². The lowest BCUT2D eigenvalue weighted by Gasteiger charge is -2.12. The lowest BCUT2D eigenvalue weighted by Crippen LogP contribution is -2.32. The molecule has 0 radical (unpaired) electrons. The van der Waals surface area contributed by atoms with Crippen LogP contribution >= 0.6 is 0 Å². The Hall–Kier alpha value is -0.870. The Bertz CT molecular complexity index is 234. The maximum absolute atomic E-state index is 9.49. The first kappa shape index (κ1) is 7.76. The predicted molar refractivity (Wildman–Crippen MR) is 44.7 cm³/mol. The number of aliphatic hydroxyl groups excluding tert-OH is 1. The van der Waals surface area contributed by atoms with Gasteiger partial charge in [-0.2, -0.15) is 0 Å². The van der Waals surface area contributed by atoms with Crippen LogP contribution in [0.15, 0.2) is 12.5 Å². The first-order chi connectivity index (χ1) is 5.86. The largest absolute Gasteiger partial charge is 0.391 e. The number of nitrogens with zero attached hydrogens (tertiary/aromatic N) is 1. The molecule has 0 spiro atoms. The molecule has 1 aromatic rings. The number of rotatable bonds is 2. The topological polar surface area (TPSA) is 60.9 Å². The Labute approximate surface area is 71.0 Å². The first-order valence-corrected chi connectivity index (χ1v) is 4.25. The van der Waals surface area contributed by atoms with Gasteiger partial charge in [-0.1, -0.05) is 0 Å². The number of aromatic nitrogens is 2. The quantitative estimate of drug-likeness (QED) is 0.565. The minimum Gasteiger partial charge on any atom is -0.391 e. The highest BCUT2D eigenvalue weighted by molar-refractivity contribution is 5.00. The number of hydrogen-bond acceptors (Lipinski definition) is 3. The molecule has 0 bridgehead atoms. The van der Waals surface area contributed by atoms with Crippen LogP contribution in [0.2, 0.25) is 0 Å². The zero-order chi connectivity index (χ0) is 8.39. The van der Waals surface area contributed by atoms with E-state index in [-0.39, 0.29) is 12.1 Å². The number of imidazole rings is 1. The molecule has 66 valence electrons. The molecular formula is C8H13N3O. The van der Waals surface area contributed by atoms with Gasteiger partial charge in [-0.05, 0) is 13.0 Å². The van der Waals surface area contributed by atoms with E-state index >= 15 is 0 Å². The first-order valence-electron chi connectivity index (χ1n) is 4.25. The van der Waals surface area contributed by atoms with Gasteiger partial charge in [0.15, 0.2) is 0 Å². The second-order valence-electron chi connectivity index (χ2n) is 3.20. The lowest BCUT2D eigenvalue weighted by atomic mass is 10.1. The third kappa shape index (κ3) is 1.49. The van der Waals surface area contributed by atoms with E-state index in [2.05, 4.69) is 15.3 Å². The fourth-order valence-electron chi connectivity index (χ4n) is 1.60. The second-order valence-corrected chi connectivity index (χ2v) is 3.20. The van der Waals surface area contributed by atoms with Crippen LogP contribution in [-0.4, -0.2) is 33.8 Å². The van der Waals surface area contributed by atoms with Gasteiger partial charge in [0.1, 0.15) is 0 Å². The standard InChI is InChI=1S/C8H13N3O/c12-8-1-2-10-7(8)3-6-4-9-5-11-6/h4-5,7-8,10,12H,1-3H2,(H,9,11)/t7-,8?/m0/s1. The third-order valence-corrected chi connectivity index (χ3v) is 2.31. The molecule has 1 aliphatic rings. The Kier molecular flexibility index (Phi) is 2.10. The van der Waals surface area contributed by atoms with E-state index in [1.165, 1.54) is 0 Å². The van der Waals surface area contributed by atoms with Gasteiger partial charge >= 0.3 is 0 Å². The molecule has 2 heterocycles. The van der Waals surface area contributed by atoms with Crippen molar-refractivity contribution < 1.29 is 5.11 Å². The fraction of sp³-hybridized carbons (Fsp3) is 0.625. The summed E-state index contributed by atoms with van der Waals surface area (Å²) in [4.78, 5) is 6.95. The summed E-state index contributed by atoms with van der Waals surface area (Å²) in [6.45, 7) is 0.917. The van der Waals surface area contributed by atoms with Gasteiger partial charge in [-0.3, -0.25) is 0 Å². The van der Waals surface area contributed by atoms with Crippen molar-refractivity contribution in [3.05, 3.63) is 18.2 Å². The number of aromatic amines is 1. The highest BCUT2D eigenvalue weighted by atomic mass is 16.3. The van der Waals surface area contributed by atoms with Crippen molar-refractivity contribution in [3.63, 3.8) is 0 Å². The molecule has 1 fully saturated rings. The minimum atomic E-state index is -0.201. The van der Waals surface area contributed by atoms with Crippen molar-refractivity contribution >= 4 is 0 Å². The molecule has 0 aliphatic carbocycles. The molecular weight excluding hydrogens is 154 g/mol.